The zero-order valence-corrected chi connectivity index (χ0v) is 10.6. The summed E-state index contributed by atoms with van der Waals surface area (Å²) in [4.78, 5) is 15.8. The van der Waals surface area contributed by atoms with Crippen molar-refractivity contribution in [2.45, 2.75) is 6.92 Å². The smallest absolute Gasteiger partial charge is 0.252 e. The second-order valence-electron chi connectivity index (χ2n) is 4.34. The maximum atomic E-state index is 11.8. The zero-order chi connectivity index (χ0) is 11.6. The molecule has 0 saturated carbocycles. The number of hydrogen-bond donors (Lipinski definition) is 1. The van der Waals surface area contributed by atoms with Crippen LogP contribution in [-0.2, 0) is 4.74 Å². The summed E-state index contributed by atoms with van der Waals surface area (Å²) in [6.45, 7) is 4.16. The summed E-state index contributed by atoms with van der Waals surface area (Å²) in [5.74, 6) is -0.0811. The van der Waals surface area contributed by atoms with Crippen molar-refractivity contribution < 1.29 is 9.53 Å². The molecule has 0 aliphatic carbocycles. The average molecular weight is 285 g/mol. The normalized spacial score (nSPS) is 17.6. The lowest BCUT2D eigenvalue weighted by molar-refractivity contribution is -0.0978. The van der Waals surface area contributed by atoms with Gasteiger partial charge in [-0.2, -0.15) is 0 Å². The van der Waals surface area contributed by atoms with Gasteiger partial charge in [-0.1, -0.05) is 6.92 Å². The lowest BCUT2D eigenvalue weighted by atomic mass is 9.89. The molecule has 1 saturated heterocycles. The molecule has 2 rings (SSSR count). The second-order valence-corrected chi connectivity index (χ2v) is 5.20. The van der Waals surface area contributed by atoms with Gasteiger partial charge < -0.3 is 10.1 Å². The lowest BCUT2D eigenvalue weighted by Crippen LogP contribution is -2.48. The third-order valence-corrected chi connectivity index (χ3v) is 3.23. The Balaban J connectivity index is 1.96. The first-order valence-electron chi connectivity index (χ1n) is 5.06. The molecule has 1 fully saturated rings. The van der Waals surface area contributed by atoms with Crippen LogP contribution in [0.25, 0.3) is 0 Å². The predicted molar refractivity (Wildman–Crippen MR) is 63.2 cm³/mol. The van der Waals surface area contributed by atoms with Gasteiger partial charge in [0.2, 0.25) is 0 Å². The first-order valence-corrected chi connectivity index (χ1v) is 5.85. The molecule has 0 radical (unpaired) electrons. The number of nitrogens with one attached hydrogen (secondary N) is 1. The fraction of sp³-hybridized carbons (Fsp3) is 0.455. The van der Waals surface area contributed by atoms with Gasteiger partial charge in [0.25, 0.3) is 5.91 Å². The molecular formula is C11H13BrN2O2. The van der Waals surface area contributed by atoms with Crippen LogP contribution in [0.5, 0.6) is 0 Å². The molecule has 1 aromatic rings. The first-order chi connectivity index (χ1) is 7.61. The van der Waals surface area contributed by atoms with E-state index in [4.69, 9.17) is 4.74 Å². The largest absolute Gasteiger partial charge is 0.380 e. The molecule has 16 heavy (non-hydrogen) atoms. The highest BCUT2D eigenvalue weighted by atomic mass is 79.9. The van der Waals surface area contributed by atoms with Crippen molar-refractivity contribution >= 4 is 21.8 Å². The molecule has 2 heterocycles. The van der Waals surface area contributed by atoms with Crippen molar-refractivity contribution in [1.29, 1.82) is 0 Å². The van der Waals surface area contributed by atoms with E-state index >= 15 is 0 Å². The average Bonchev–Trinajstić information content (AvgIpc) is 2.24. The van der Waals surface area contributed by atoms with Crippen molar-refractivity contribution in [3.05, 3.63) is 28.5 Å². The standard InChI is InChI=1S/C11H13BrN2O2/c1-11(6-16-7-11)5-14-10(15)8-2-3-13-4-9(8)12/h2-4H,5-7H2,1H3,(H,14,15). The Bertz CT molecular complexity index is 405. The highest BCUT2D eigenvalue weighted by molar-refractivity contribution is 9.10. The van der Waals surface area contributed by atoms with Crippen molar-refractivity contribution in [3.63, 3.8) is 0 Å². The van der Waals surface area contributed by atoms with Crippen LogP contribution in [0.4, 0.5) is 0 Å². The van der Waals surface area contributed by atoms with Gasteiger partial charge in [-0.05, 0) is 22.0 Å². The molecule has 86 valence electrons. The van der Waals surface area contributed by atoms with Crippen LogP contribution in [0.1, 0.15) is 17.3 Å². The summed E-state index contributed by atoms with van der Waals surface area (Å²) in [6.07, 6.45) is 3.22. The minimum absolute atomic E-state index is 0.0811. The minimum Gasteiger partial charge on any atom is -0.380 e. The summed E-state index contributed by atoms with van der Waals surface area (Å²) >= 11 is 3.30. The molecular weight excluding hydrogens is 272 g/mol. The maximum absolute atomic E-state index is 11.8. The predicted octanol–water partition coefficient (Wildman–Crippen LogP) is 1.61. The summed E-state index contributed by atoms with van der Waals surface area (Å²) < 4.78 is 5.84. The van der Waals surface area contributed by atoms with Gasteiger partial charge in [0.1, 0.15) is 0 Å². The van der Waals surface area contributed by atoms with Crippen molar-refractivity contribution in [2.24, 2.45) is 5.41 Å². The van der Waals surface area contributed by atoms with Gasteiger partial charge in [-0.15, -0.1) is 0 Å². The van der Waals surface area contributed by atoms with Gasteiger partial charge in [0.05, 0.1) is 18.8 Å². The van der Waals surface area contributed by atoms with E-state index < -0.39 is 0 Å². The summed E-state index contributed by atoms with van der Waals surface area (Å²) in [7, 11) is 0. The Kier molecular flexibility index (Phi) is 3.25. The Labute approximate surface area is 103 Å². The first kappa shape index (κ1) is 11.5. The lowest BCUT2D eigenvalue weighted by Gasteiger charge is -2.38. The topological polar surface area (TPSA) is 51.2 Å². The van der Waals surface area contributed by atoms with Gasteiger partial charge >= 0.3 is 0 Å². The van der Waals surface area contributed by atoms with E-state index in [9.17, 15) is 4.79 Å². The van der Waals surface area contributed by atoms with Crippen LogP contribution in [0, 0.1) is 5.41 Å². The van der Waals surface area contributed by atoms with Crippen LogP contribution >= 0.6 is 15.9 Å². The van der Waals surface area contributed by atoms with Gasteiger partial charge in [0.15, 0.2) is 0 Å². The third kappa shape index (κ3) is 2.41. The van der Waals surface area contributed by atoms with Gasteiger partial charge in [0, 0.05) is 28.8 Å². The Morgan fingerprint density at radius 1 is 1.69 bits per heavy atom. The van der Waals surface area contributed by atoms with E-state index in [1.54, 1.807) is 18.5 Å². The molecule has 0 atom stereocenters. The van der Waals surface area contributed by atoms with Crippen LogP contribution in [0.2, 0.25) is 0 Å². The van der Waals surface area contributed by atoms with Crippen molar-refractivity contribution in [1.82, 2.24) is 10.3 Å². The molecule has 0 unspecified atom stereocenters. The maximum Gasteiger partial charge on any atom is 0.252 e. The molecule has 1 aromatic heterocycles. The summed E-state index contributed by atoms with van der Waals surface area (Å²) in [5, 5.41) is 2.91. The Morgan fingerprint density at radius 2 is 2.44 bits per heavy atom. The molecule has 0 aromatic carbocycles. The molecule has 1 aliphatic heterocycles. The number of nitrogens with zero attached hydrogens (tertiary/aromatic N) is 1. The number of halogens is 1. The number of hydrogen-bond acceptors (Lipinski definition) is 3. The fourth-order valence-electron chi connectivity index (χ4n) is 1.50. The highest BCUT2D eigenvalue weighted by Crippen LogP contribution is 2.25. The molecule has 1 N–H and O–H groups in total. The number of ether oxygens (including phenoxy) is 1. The van der Waals surface area contributed by atoms with Crippen LogP contribution in [0.15, 0.2) is 22.9 Å². The second kappa shape index (κ2) is 4.51. The molecule has 1 amide bonds. The molecule has 4 nitrogen and oxygen atoms in total. The number of pyridine rings is 1. The van der Waals surface area contributed by atoms with Crippen molar-refractivity contribution in [2.75, 3.05) is 19.8 Å². The number of carbonyl (C=O) groups excluding carboxylic acids is 1. The van der Waals surface area contributed by atoms with E-state index in [1.165, 1.54) is 0 Å². The van der Waals surface area contributed by atoms with E-state index in [2.05, 4.69) is 33.2 Å². The van der Waals surface area contributed by atoms with Crippen LogP contribution < -0.4 is 5.32 Å². The molecule has 0 spiro atoms. The highest BCUT2D eigenvalue weighted by Gasteiger charge is 2.33. The summed E-state index contributed by atoms with van der Waals surface area (Å²) in [6, 6.07) is 1.69. The van der Waals surface area contributed by atoms with Crippen molar-refractivity contribution in [3.8, 4) is 0 Å². The summed E-state index contributed by atoms with van der Waals surface area (Å²) in [5.41, 5.74) is 0.702. The molecule has 0 bridgehead atoms. The third-order valence-electron chi connectivity index (χ3n) is 2.59. The van der Waals surface area contributed by atoms with E-state index in [-0.39, 0.29) is 11.3 Å². The van der Waals surface area contributed by atoms with Gasteiger partial charge in [-0.25, -0.2) is 0 Å². The zero-order valence-electron chi connectivity index (χ0n) is 9.00. The number of rotatable bonds is 3. The Morgan fingerprint density at radius 3 is 3.00 bits per heavy atom. The number of carbonyl (C=O) groups is 1. The molecule has 1 aliphatic rings. The number of amides is 1. The SMILES string of the molecule is CC1(CNC(=O)c2ccncc2Br)COC1. The van der Waals surface area contributed by atoms with E-state index in [1.807, 2.05) is 0 Å². The van der Waals surface area contributed by atoms with Crippen LogP contribution in [0.3, 0.4) is 0 Å². The Hall–Kier alpha value is -0.940. The monoisotopic (exact) mass is 284 g/mol. The van der Waals surface area contributed by atoms with Gasteiger partial charge in [-0.3, -0.25) is 9.78 Å². The van der Waals surface area contributed by atoms with E-state index in [0.717, 1.165) is 0 Å². The molecule has 5 heteroatoms. The number of aromatic nitrogens is 1. The fourth-order valence-corrected chi connectivity index (χ4v) is 1.93. The quantitative estimate of drug-likeness (QED) is 0.918. The van der Waals surface area contributed by atoms with Crippen LogP contribution in [-0.4, -0.2) is 30.6 Å². The minimum atomic E-state index is -0.0811. The van der Waals surface area contributed by atoms with E-state index in [0.29, 0.717) is 29.8 Å².